The number of anilines is 1. The molecule has 0 atom stereocenters. The van der Waals surface area contributed by atoms with Crippen molar-refractivity contribution in [1.82, 2.24) is 15.5 Å². The van der Waals surface area contributed by atoms with Crippen LogP contribution in [0.25, 0.3) is 0 Å². The van der Waals surface area contributed by atoms with E-state index < -0.39 is 0 Å². The van der Waals surface area contributed by atoms with Gasteiger partial charge in [0.2, 0.25) is 5.89 Å². The zero-order valence-electron chi connectivity index (χ0n) is 12.4. The lowest BCUT2D eigenvalue weighted by atomic mass is 10.1. The van der Waals surface area contributed by atoms with Crippen molar-refractivity contribution in [3.63, 3.8) is 0 Å². The van der Waals surface area contributed by atoms with Gasteiger partial charge in [0.05, 0.1) is 6.54 Å². The summed E-state index contributed by atoms with van der Waals surface area (Å²) in [6.07, 6.45) is 0.767. The van der Waals surface area contributed by atoms with Crippen LogP contribution in [0.5, 0.6) is 0 Å². The second-order valence-corrected chi connectivity index (χ2v) is 5.33. The molecule has 0 amide bonds. The molecule has 0 spiro atoms. The van der Waals surface area contributed by atoms with Gasteiger partial charge in [-0.05, 0) is 36.6 Å². The van der Waals surface area contributed by atoms with E-state index in [9.17, 15) is 4.39 Å². The third-order valence-corrected chi connectivity index (χ3v) is 2.90. The van der Waals surface area contributed by atoms with Gasteiger partial charge in [-0.25, -0.2) is 4.39 Å². The lowest BCUT2D eigenvalue weighted by Gasteiger charge is -2.04. The van der Waals surface area contributed by atoms with Crippen LogP contribution in [-0.4, -0.2) is 23.3 Å². The Labute approximate surface area is 124 Å². The molecule has 0 fully saturated rings. The maximum atomic E-state index is 12.8. The Morgan fingerprint density at radius 1 is 1.19 bits per heavy atom. The fraction of sp³-hybridized carbons (Fsp3) is 0.467. The average molecular weight is 292 g/mol. The number of aromatic nitrogens is 2. The van der Waals surface area contributed by atoms with Crippen LogP contribution in [0.3, 0.4) is 0 Å². The van der Waals surface area contributed by atoms with Gasteiger partial charge in [0.1, 0.15) is 5.82 Å². The zero-order chi connectivity index (χ0) is 15.1. The van der Waals surface area contributed by atoms with E-state index in [0.29, 0.717) is 30.9 Å². The highest BCUT2D eigenvalue weighted by Crippen LogP contribution is 2.07. The van der Waals surface area contributed by atoms with Gasteiger partial charge in [0.15, 0.2) is 0 Å². The number of hydrogen-bond acceptors (Lipinski definition) is 5. The number of halogens is 1. The molecule has 0 saturated heterocycles. The van der Waals surface area contributed by atoms with E-state index in [1.54, 1.807) is 12.1 Å². The molecular weight excluding hydrogens is 271 g/mol. The highest BCUT2D eigenvalue weighted by molar-refractivity contribution is 5.20. The van der Waals surface area contributed by atoms with Gasteiger partial charge in [0.25, 0.3) is 0 Å². The number of hydrogen-bond donors (Lipinski definition) is 2. The molecule has 2 rings (SSSR count). The van der Waals surface area contributed by atoms with Crippen LogP contribution in [0.2, 0.25) is 0 Å². The van der Waals surface area contributed by atoms with E-state index in [0.717, 1.165) is 18.5 Å². The molecule has 0 bridgehead atoms. The Morgan fingerprint density at radius 2 is 1.95 bits per heavy atom. The van der Waals surface area contributed by atoms with E-state index >= 15 is 0 Å². The van der Waals surface area contributed by atoms with Crippen molar-refractivity contribution in [2.45, 2.75) is 26.8 Å². The molecule has 1 aromatic heterocycles. The molecule has 114 valence electrons. The Balaban J connectivity index is 1.71. The third-order valence-electron chi connectivity index (χ3n) is 2.90. The zero-order valence-corrected chi connectivity index (χ0v) is 12.4. The van der Waals surface area contributed by atoms with Crippen LogP contribution in [0.4, 0.5) is 10.4 Å². The molecule has 2 N–H and O–H groups in total. The third kappa shape index (κ3) is 5.51. The minimum absolute atomic E-state index is 0.220. The van der Waals surface area contributed by atoms with Gasteiger partial charge in [-0.3, -0.25) is 0 Å². The smallest absolute Gasteiger partial charge is 0.315 e. The number of benzene rings is 1. The number of rotatable bonds is 8. The summed E-state index contributed by atoms with van der Waals surface area (Å²) in [5.74, 6) is 0.934. The van der Waals surface area contributed by atoms with Gasteiger partial charge in [-0.1, -0.05) is 31.1 Å². The summed E-state index contributed by atoms with van der Waals surface area (Å²) in [7, 11) is 0. The minimum Gasteiger partial charge on any atom is -0.407 e. The van der Waals surface area contributed by atoms with E-state index in [4.69, 9.17) is 4.42 Å². The van der Waals surface area contributed by atoms with Gasteiger partial charge >= 0.3 is 6.01 Å². The summed E-state index contributed by atoms with van der Waals surface area (Å²) in [5.41, 5.74) is 1.06. The van der Waals surface area contributed by atoms with Gasteiger partial charge < -0.3 is 15.1 Å². The second-order valence-electron chi connectivity index (χ2n) is 5.33. The van der Waals surface area contributed by atoms with Gasteiger partial charge in [-0.15, -0.1) is 5.10 Å². The summed E-state index contributed by atoms with van der Waals surface area (Å²) >= 11 is 0. The Bertz CT molecular complexity index is 539. The van der Waals surface area contributed by atoms with Crippen LogP contribution >= 0.6 is 0 Å². The topological polar surface area (TPSA) is 63.0 Å². The summed E-state index contributed by atoms with van der Waals surface area (Å²) in [5, 5.41) is 14.2. The normalized spacial score (nSPS) is 11.0. The van der Waals surface area contributed by atoms with Crippen LogP contribution in [0, 0.1) is 11.7 Å². The van der Waals surface area contributed by atoms with Crippen LogP contribution in [-0.2, 0) is 13.0 Å². The van der Waals surface area contributed by atoms with Crippen LogP contribution in [0.15, 0.2) is 28.7 Å². The first-order chi connectivity index (χ1) is 10.1. The van der Waals surface area contributed by atoms with E-state index in [2.05, 4.69) is 34.7 Å². The highest BCUT2D eigenvalue weighted by Gasteiger charge is 2.05. The fourth-order valence-corrected chi connectivity index (χ4v) is 1.83. The largest absolute Gasteiger partial charge is 0.407 e. The summed E-state index contributed by atoms with van der Waals surface area (Å²) in [6, 6.07) is 6.87. The highest BCUT2D eigenvalue weighted by atomic mass is 19.1. The van der Waals surface area contributed by atoms with Crippen molar-refractivity contribution >= 4 is 6.01 Å². The molecule has 0 saturated carbocycles. The van der Waals surface area contributed by atoms with Gasteiger partial charge in [0, 0.05) is 6.54 Å². The predicted molar refractivity (Wildman–Crippen MR) is 79.4 cm³/mol. The first kappa shape index (κ1) is 15.4. The quantitative estimate of drug-likeness (QED) is 0.783. The van der Waals surface area contributed by atoms with Crippen molar-refractivity contribution in [1.29, 1.82) is 0 Å². The molecule has 1 heterocycles. The number of nitrogens with zero attached hydrogens (tertiary/aromatic N) is 2. The van der Waals surface area contributed by atoms with Crippen molar-refractivity contribution in [3.05, 3.63) is 41.5 Å². The van der Waals surface area contributed by atoms with Crippen LogP contribution < -0.4 is 10.6 Å². The standard InChI is InChI=1S/C15H21FN4O/c1-11(2)9-17-10-14-19-20-15(21-14)18-8-7-12-3-5-13(16)6-4-12/h3-6,11,17H,7-10H2,1-2H3,(H,18,20). The second kappa shape index (κ2) is 7.73. The molecule has 5 nitrogen and oxygen atoms in total. The Kier molecular flexibility index (Phi) is 5.68. The first-order valence-corrected chi connectivity index (χ1v) is 7.15. The summed E-state index contributed by atoms with van der Waals surface area (Å²) in [4.78, 5) is 0. The maximum Gasteiger partial charge on any atom is 0.315 e. The summed E-state index contributed by atoms with van der Waals surface area (Å²) in [6.45, 7) is 6.43. The Hall–Kier alpha value is -1.95. The molecule has 2 aromatic rings. The molecule has 0 unspecified atom stereocenters. The molecule has 6 heteroatoms. The molecular formula is C15H21FN4O. The van der Waals surface area contributed by atoms with Crippen molar-refractivity contribution < 1.29 is 8.81 Å². The average Bonchev–Trinajstić information content (AvgIpc) is 2.88. The molecule has 0 aliphatic heterocycles. The predicted octanol–water partition coefficient (Wildman–Crippen LogP) is 2.61. The van der Waals surface area contributed by atoms with Crippen molar-refractivity contribution in [2.75, 3.05) is 18.4 Å². The summed E-state index contributed by atoms with van der Waals surface area (Å²) < 4.78 is 18.2. The van der Waals surface area contributed by atoms with E-state index in [1.807, 2.05) is 0 Å². The minimum atomic E-state index is -0.220. The fourth-order valence-electron chi connectivity index (χ4n) is 1.83. The van der Waals surface area contributed by atoms with Crippen LogP contribution in [0.1, 0.15) is 25.3 Å². The van der Waals surface area contributed by atoms with E-state index in [1.165, 1.54) is 12.1 Å². The van der Waals surface area contributed by atoms with E-state index in [-0.39, 0.29) is 5.82 Å². The molecule has 1 aromatic carbocycles. The molecule has 0 aliphatic carbocycles. The maximum absolute atomic E-state index is 12.8. The van der Waals surface area contributed by atoms with Crippen molar-refractivity contribution in [2.24, 2.45) is 5.92 Å². The lowest BCUT2D eigenvalue weighted by molar-refractivity contribution is 0.458. The molecule has 21 heavy (non-hydrogen) atoms. The Morgan fingerprint density at radius 3 is 2.67 bits per heavy atom. The SMILES string of the molecule is CC(C)CNCc1nnc(NCCc2ccc(F)cc2)o1. The first-order valence-electron chi connectivity index (χ1n) is 7.15. The lowest BCUT2D eigenvalue weighted by Crippen LogP contribution is -2.19. The van der Waals surface area contributed by atoms with Gasteiger partial charge in [-0.2, -0.15) is 0 Å². The monoisotopic (exact) mass is 292 g/mol. The molecule has 0 aliphatic rings. The molecule has 0 radical (unpaired) electrons. The number of nitrogens with one attached hydrogen (secondary N) is 2. The van der Waals surface area contributed by atoms with Crippen molar-refractivity contribution in [3.8, 4) is 0 Å².